The molecule has 1 rings (SSSR count). The van der Waals surface area contributed by atoms with Crippen molar-refractivity contribution in [2.45, 2.75) is 65.0 Å². The summed E-state index contributed by atoms with van der Waals surface area (Å²) in [6.07, 6.45) is 4.95. The summed E-state index contributed by atoms with van der Waals surface area (Å²) in [7, 11) is 0. The van der Waals surface area contributed by atoms with Gasteiger partial charge in [0.2, 0.25) is 5.91 Å². The zero-order valence-electron chi connectivity index (χ0n) is 11.1. The van der Waals surface area contributed by atoms with Crippen molar-refractivity contribution >= 4 is 5.91 Å². The number of hydrogen-bond donors (Lipinski definition) is 2. The van der Waals surface area contributed by atoms with Gasteiger partial charge in [0.1, 0.15) is 0 Å². The van der Waals surface area contributed by atoms with E-state index in [2.05, 4.69) is 38.3 Å². The molecule has 1 aliphatic rings. The van der Waals surface area contributed by atoms with E-state index in [-0.39, 0.29) is 11.4 Å². The highest BCUT2D eigenvalue weighted by molar-refractivity contribution is 5.78. The predicted molar refractivity (Wildman–Crippen MR) is 67.3 cm³/mol. The van der Waals surface area contributed by atoms with Gasteiger partial charge in [0.05, 0.1) is 6.54 Å². The van der Waals surface area contributed by atoms with E-state index in [0.717, 1.165) is 6.42 Å². The smallest absolute Gasteiger partial charge is 0.234 e. The minimum absolute atomic E-state index is 0.00945. The average molecular weight is 226 g/mol. The third kappa shape index (κ3) is 4.97. The summed E-state index contributed by atoms with van der Waals surface area (Å²) in [5.74, 6) is 0.765. The van der Waals surface area contributed by atoms with Gasteiger partial charge in [0, 0.05) is 11.6 Å². The molecular weight excluding hydrogens is 200 g/mol. The van der Waals surface area contributed by atoms with Crippen LogP contribution in [0.15, 0.2) is 0 Å². The van der Waals surface area contributed by atoms with E-state index in [1.54, 1.807) is 0 Å². The molecule has 1 saturated carbocycles. The molecule has 1 fully saturated rings. The Hall–Kier alpha value is -0.570. The quantitative estimate of drug-likeness (QED) is 0.773. The normalized spacial score (nSPS) is 26.5. The van der Waals surface area contributed by atoms with Crippen LogP contribution in [0.3, 0.4) is 0 Å². The van der Waals surface area contributed by atoms with Crippen LogP contribution < -0.4 is 10.6 Å². The van der Waals surface area contributed by atoms with E-state index >= 15 is 0 Å². The van der Waals surface area contributed by atoms with Crippen LogP contribution in [0.1, 0.15) is 53.4 Å². The molecule has 0 aliphatic heterocycles. The van der Waals surface area contributed by atoms with Gasteiger partial charge in [-0.05, 0) is 39.5 Å². The van der Waals surface area contributed by atoms with Crippen molar-refractivity contribution in [1.29, 1.82) is 0 Å². The summed E-state index contributed by atoms with van der Waals surface area (Å²) in [6, 6.07) is 0.392. The Balaban J connectivity index is 2.28. The molecule has 2 atom stereocenters. The summed E-state index contributed by atoms with van der Waals surface area (Å²) in [5.41, 5.74) is 0.00945. The molecule has 0 saturated heterocycles. The topological polar surface area (TPSA) is 41.1 Å². The second-order valence-corrected chi connectivity index (χ2v) is 6.04. The zero-order valence-corrected chi connectivity index (χ0v) is 11.1. The van der Waals surface area contributed by atoms with Crippen molar-refractivity contribution in [3.8, 4) is 0 Å². The van der Waals surface area contributed by atoms with Crippen molar-refractivity contribution in [3.05, 3.63) is 0 Å². The van der Waals surface area contributed by atoms with E-state index in [1.165, 1.54) is 19.3 Å². The van der Waals surface area contributed by atoms with E-state index in [4.69, 9.17) is 0 Å². The van der Waals surface area contributed by atoms with Crippen LogP contribution in [-0.2, 0) is 4.79 Å². The largest absolute Gasteiger partial charge is 0.352 e. The number of amides is 1. The summed E-state index contributed by atoms with van der Waals surface area (Å²) < 4.78 is 0. The highest BCUT2D eigenvalue weighted by atomic mass is 16.2. The molecule has 16 heavy (non-hydrogen) atoms. The number of hydrogen-bond acceptors (Lipinski definition) is 2. The molecule has 1 amide bonds. The van der Waals surface area contributed by atoms with E-state index in [1.807, 2.05) is 0 Å². The monoisotopic (exact) mass is 226 g/mol. The lowest BCUT2D eigenvalue weighted by molar-refractivity contribution is -0.121. The van der Waals surface area contributed by atoms with Crippen molar-refractivity contribution in [2.75, 3.05) is 6.54 Å². The van der Waals surface area contributed by atoms with Crippen molar-refractivity contribution in [3.63, 3.8) is 0 Å². The molecule has 0 aromatic carbocycles. The van der Waals surface area contributed by atoms with Crippen LogP contribution in [0.4, 0.5) is 0 Å². The maximum atomic E-state index is 11.7. The zero-order chi connectivity index (χ0) is 12.2. The van der Waals surface area contributed by atoms with Crippen LogP contribution in [0.2, 0.25) is 0 Å². The van der Waals surface area contributed by atoms with Gasteiger partial charge in [-0.3, -0.25) is 4.79 Å². The van der Waals surface area contributed by atoms with Gasteiger partial charge in [0.25, 0.3) is 0 Å². The fourth-order valence-corrected chi connectivity index (χ4v) is 2.13. The molecule has 3 heteroatoms. The van der Waals surface area contributed by atoms with Crippen molar-refractivity contribution < 1.29 is 4.79 Å². The second-order valence-electron chi connectivity index (χ2n) is 6.04. The molecule has 0 aromatic rings. The third-order valence-corrected chi connectivity index (χ3v) is 3.24. The van der Waals surface area contributed by atoms with E-state index < -0.39 is 0 Å². The van der Waals surface area contributed by atoms with Crippen molar-refractivity contribution in [2.24, 2.45) is 5.92 Å². The fraction of sp³-hybridized carbons (Fsp3) is 0.923. The average Bonchev–Trinajstić information content (AvgIpc) is 2.18. The molecule has 0 bridgehead atoms. The van der Waals surface area contributed by atoms with E-state index in [0.29, 0.717) is 18.5 Å². The van der Waals surface area contributed by atoms with Crippen LogP contribution in [0.5, 0.6) is 0 Å². The molecule has 0 unspecified atom stereocenters. The highest BCUT2D eigenvalue weighted by Crippen LogP contribution is 2.23. The molecule has 2 N–H and O–H groups in total. The summed E-state index contributed by atoms with van der Waals surface area (Å²) >= 11 is 0. The standard InChI is InChI=1S/C13H26N2O/c1-10-7-5-6-8-11(10)15-12(16)9-14-13(2,3)4/h10-11,14H,5-9H2,1-4H3,(H,15,16)/t10-,11-/m0/s1. The Morgan fingerprint density at radius 2 is 1.88 bits per heavy atom. The lowest BCUT2D eigenvalue weighted by Crippen LogP contribution is -2.48. The van der Waals surface area contributed by atoms with Crippen LogP contribution in [0.25, 0.3) is 0 Å². The Morgan fingerprint density at radius 3 is 2.44 bits per heavy atom. The van der Waals surface area contributed by atoms with Crippen LogP contribution in [0, 0.1) is 5.92 Å². The van der Waals surface area contributed by atoms with Crippen molar-refractivity contribution in [1.82, 2.24) is 10.6 Å². The lowest BCUT2D eigenvalue weighted by atomic mass is 9.86. The maximum absolute atomic E-state index is 11.7. The first-order chi connectivity index (χ1) is 7.38. The van der Waals surface area contributed by atoms with Gasteiger partial charge in [0.15, 0.2) is 0 Å². The molecule has 3 nitrogen and oxygen atoms in total. The molecule has 0 aromatic heterocycles. The first-order valence-corrected chi connectivity index (χ1v) is 6.43. The lowest BCUT2D eigenvalue weighted by Gasteiger charge is -2.30. The van der Waals surface area contributed by atoms with E-state index in [9.17, 15) is 4.79 Å². The number of rotatable bonds is 3. The molecule has 94 valence electrons. The minimum atomic E-state index is 0.00945. The first-order valence-electron chi connectivity index (χ1n) is 6.43. The Bertz CT molecular complexity index is 233. The highest BCUT2D eigenvalue weighted by Gasteiger charge is 2.23. The summed E-state index contributed by atoms with van der Waals surface area (Å²) in [4.78, 5) is 11.7. The Morgan fingerprint density at radius 1 is 1.25 bits per heavy atom. The van der Waals surface area contributed by atoms with Crippen LogP contribution >= 0.6 is 0 Å². The molecular formula is C13H26N2O. The number of carbonyl (C=O) groups excluding carboxylic acids is 1. The van der Waals surface area contributed by atoms with Gasteiger partial charge in [-0.2, -0.15) is 0 Å². The Labute approximate surface area is 99.4 Å². The molecule has 0 spiro atoms. The second kappa shape index (κ2) is 5.67. The minimum Gasteiger partial charge on any atom is -0.352 e. The summed E-state index contributed by atoms with van der Waals surface area (Å²) in [5, 5.41) is 6.35. The first kappa shape index (κ1) is 13.5. The molecule has 0 heterocycles. The maximum Gasteiger partial charge on any atom is 0.234 e. The fourth-order valence-electron chi connectivity index (χ4n) is 2.13. The van der Waals surface area contributed by atoms with Gasteiger partial charge in [-0.15, -0.1) is 0 Å². The van der Waals surface area contributed by atoms with Gasteiger partial charge >= 0.3 is 0 Å². The molecule has 1 aliphatic carbocycles. The summed E-state index contributed by atoms with van der Waals surface area (Å²) in [6.45, 7) is 8.88. The van der Waals surface area contributed by atoms with Gasteiger partial charge in [-0.25, -0.2) is 0 Å². The predicted octanol–water partition coefficient (Wildman–Crippen LogP) is 2.07. The molecule has 0 radical (unpaired) electrons. The third-order valence-electron chi connectivity index (χ3n) is 3.24. The number of carbonyl (C=O) groups is 1. The SMILES string of the molecule is C[C@H]1CCCC[C@@H]1NC(=O)CNC(C)(C)C. The van der Waals surface area contributed by atoms with Gasteiger partial charge < -0.3 is 10.6 Å². The van der Waals surface area contributed by atoms with Gasteiger partial charge in [-0.1, -0.05) is 19.8 Å². The Kier molecular flexibility index (Phi) is 4.78. The number of nitrogens with one attached hydrogen (secondary N) is 2. The van der Waals surface area contributed by atoms with Crippen LogP contribution in [-0.4, -0.2) is 24.0 Å².